The van der Waals surface area contributed by atoms with E-state index in [-0.39, 0.29) is 27.5 Å². The predicted molar refractivity (Wildman–Crippen MR) is 164 cm³/mol. The number of hydrogen-bond donors (Lipinski definition) is 0. The van der Waals surface area contributed by atoms with E-state index >= 15 is 4.39 Å². The van der Waals surface area contributed by atoms with Gasteiger partial charge in [0.2, 0.25) is 5.69 Å². The van der Waals surface area contributed by atoms with Gasteiger partial charge in [-0.1, -0.05) is 85.7 Å². The molecule has 1 aliphatic rings. The van der Waals surface area contributed by atoms with E-state index in [2.05, 4.69) is 103 Å². The van der Waals surface area contributed by atoms with Crippen LogP contribution in [0.1, 0.15) is 72.1 Å². The molecule has 0 N–H and O–H groups in total. The molecule has 0 radical (unpaired) electrons. The first-order chi connectivity index (χ1) is 18.6. The second-order valence-electron chi connectivity index (χ2n) is 14.0. The molecule has 0 amide bonds. The SMILES string of the molecule is Cc1ccc2c(oc3c(-c4cccc5c4C(C)(C)C(C)(C)C(C)(C)C5(C)C)c(F)ccc32)c1-c1cccc[n+]1C. The molecule has 0 saturated heterocycles. The van der Waals surface area contributed by atoms with Gasteiger partial charge in [0, 0.05) is 22.9 Å². The lowest BCUT2D eigenvalue weighted by molar-refractivity contribution is -0.660. The van der Waals surface area contributed by atoms with Gasteiger partial charge in [-0.2, -0.15) is 0 Å². The average molecular weight is 535 g/mol. The second kappa shape index (κ2) is 8.28. The van der Waals surface area contributed by atoms with E-state index in [0.29, 0.717) is 11.1 Å². The van der Waals surface area contributed by atoms with Crippen molar-refractivity contribution in [3.05, 3.63) is 89.4 Å². The minimum atomic E-state index is -0.250. The summed E-state index contributed by atoms with van der Waals surface area (Å²) in [7, 11) is 2.05. The highest BCUT2D eigenvalue weighted by Crippen LogP contribution is 2.66. The molecular formula is C37H41FNO+. The third-order valence-electron chi connectivity index (χ3n) is 11.6. The molecule has 206 valence electrons. The van der Waals surface area contributed by atoms with Crippen LogP contribution in [0.25, 0.3) is 44.3 Å². The van der Waals surface area contributed by atoms with Gasteiger partial charge in [-0.05, 0) is 69.0 Å². The number of aromatic nitrogens is 1. The molecule has 2 heterocycles. The quantitative estimate of drug-likeness (QED) is 0.206. The normalized spacial score (nSPS) is 18.7. The zero-order valence-corrected chi connectivity index (χ0v) is 25.6. The maximum absolute atomic E-state index is 16.2. The lowest BCUT2D eigenvalue weighted by atomic mass is 9.39. The highest BCUT2D eigenvalue weighted by molar-refractivity contribution is 6.13. The smallest absolute Gasteiger partial charge is 0.216 e. The largest absolute Gasteiger partial charge is 0.454 e. The van der Waals surface area contributed by atoms with Crippen molar-refractivity contribution in [2.24, 2.45) is 17.9 Å². The highest BCUT2D eigenvalue weighted by Gasteiger charge is 2.61. The number of nitrogens with zero attached hydrogens (tertiary/aromatic N) is 1. The molecule has 3 heteroatoms. The van der Waals surface area contributed by atoms with Gasteiger partial charge in [0.05, 0.1) is 11.1 Å². The van der Waals surface area contributed by atoms with Crippen LogP contribution < -0.4 is 4.57 Å². The van der Waals surface area contributed by atoms with Gasteiger partial charge >= 0.3 is 0 Å². The number of rotatable bonds is 2. The van der Waals surface area contributed by atoms with Crippen LogP contribution in [-0.2, 0) is 17.9 Å². The Morgan fingerprint density at radius 2 is 1.30 bits per heavy atom. The number of pyridine rings is 1. The topological polar surface area (TPSA) is 17.0 Å². The molecule has 40 heavy (non-hydrogen) atoms. The van der Waals surface area contributed by atoms with Gasteiger partial charge in [-0.3, -0.25) is 0 Å². The Kier molecular flexibility index (Phi) is 5.54. The summed E-state index contributed by atoms with van der Waals surface area (Å²) in [6.07, 6.45) is 2.05. The number of halogens is 1. The molecule has 2 nitrogen and oxygen atoms in total. The van der Waals surface area contributed by atoms with Crippen LogP contribution in [0.3, 0.4) is 0 Å². The summed E-state index contributed by atoms with van der Waals surface area (Å²) >= 11 is 0. The van der Waals surface area contributed by atoms with Crippen molar-refractivity contribution in [1.82, 2.24) is 0 Å². The number of fused-ring (bicyclic) bond motifs is 4. The first kappa shape index (κ1) is 26.7. The zero-order chi connectivity index (χ0) is 29.0. The summed E-state index contributed by atoms with van der Waals surface area (Å²) in [6.45, 7) is 21.0. The van der Waals surface area contributed by atoms with Crippen LogP contribution in [0, 0.1) is 23.6 Å². The van der Waals surface area contributed by atoms with Crippen LogP contribution in [0.4, 0.5) is 4.39 Å². The predicted octanol–water partition coefficient (Wildman–Crippen LogP) is 9.81. The molecule has 0 bridgehead atoms. The minimum Gasteiger partial charge on any atom is -0.454 e. The summed E-state index contributed by atoms with van der Waals surface area (Å²) in [5.74, 6) is -0.250. The molecule has 1 aliphatic carbocycles. The maximum atomic E-state index is 16.2. The lowest BCUT2D eigenvalue weighted by Gasteiger charge is -2.64. The van der Waals surface area contributed by atoms with E-state index < -0.39 is 0 Å². The molecule has 0 atom stereocenters. The fourth-order valence-corrected chi connectivity index (χ4v) is 7.50. The van der Waals surface area contributed by atoms with E-state index in [0.717, 1.165) is 38.7 Å². The van der Waals surface area contributed by atoms with Gasteiger partial charge in [-0.25, -0.2) is 8.96 Å². The number of furan rings is 1. The number of benzene rings is 3. The third-order valence-corrected chi connectivity index (χ3v) is 11.6. The third kappa shape index (κ3) is 3.18. The molecule has 0 spiro atoms. The fraction of sp³-hybridized carbons (Fsp3) is 0.378. The van der Waals surface area contributed by atoms with Crippen molar-refractivity contribution in [3.63, 3.8) is 0 Å². The molecule has 0 unspecified atom stereocenters. The van der Waals surface area contributed by atoms with Crippen LogP contribution in [-0.4, -0.2) is 0 Å². The van der Waals surface area contributed by atoms with E-state index in [1.54, 1.807) is 6.07 Å². The van der Waals surface area contributed by atoms with Crippen molar-refractivity contribution in [2.75, 3.05) is 0 Å². The summed E-state index contributed by atoms with van der Waals surface area (Å²) in [5.41, 5.74) is 8.24. The van der Waals surface area contributed by atoms with Gasteiger partial charge < -0.3 is 4.42 Å². The van der Waals surface area contributed by atoms with Gasteiger partial charge in [0.1, 0.15) is 24.0 Å². The first-order valence-electron chi connectivity index (χ1n) is 14.4. The Morgan fingerprint density at radius 3 is 1.98 bits per heavy atom. The second-order valence-corrected chi connectivity index (χ2v) is 14.0. The van der Waals surface area contributed by atoms with Crippen molar-refractivity contribution >= 4 is 21.9 Å². The molecule has 6 rings (SSSR count). The Balaban J connectivity index is 1.74. The van der Waals surface area contributed by atoms with Crippen molar-refractivity contribution in [3.8, 4) is 22.4 Å². The van der Waals surface area contributed by atoms with Crippen molar-refractivity contribution in [2.45, 2.75) is 73.1 Å². The Morgan fingerprint density at radius 1 is 0.675 bits per heavy atom. The average Bonchev–Trinajstić information content (AvgIpc) is 3.26. The van der Waals surface area contributed by atoms with Gasteiger partial charge in [0.25, 0.3) is 0 Å². The summed E-state index contributed by atoms with van der Waals surface area (Å²) < 4.78 is 25.1. The van der Waals surface area contributed by atoms with E-state index in [9.17, 15) is 0 Å². The van der Waals surface area contributed by atoms with Crippen LogP contribution in [0.5, 0.6) is 0 Å². The van der Waals surface area contributed by atoms with Crippen molar-refractivity contribution < 1.29 is 13.4 Å². The Hall–Kier alpha value is -3.46. The molecule has 2 aromatic heterocycles. The van der Waals surface area contributed by atoms with Crippen LogP contribution >= 0.6 is 0 Å². The number of hydrogen-bond acceptors (Lipinski definition) is 1. The van der Waals surface area contributed by atoms with Gasteiger partial charge in [0.15, 0.2) is 6.20 Å². The van der Waals surface area contributed by atoms with Crippen LogP contribution in [0.2, 0.25) is 0 Å². The molecule has 0 saturated carbocycles. The number of aryl methyl sites for hydroxylation is 2. The highest BCUT2D eigenvalue weighted by atomic mass is 19.1. The fourth-order valence-electron chi connectivity index (χ4n) is 7.50. The molecule has 0 aliphatic heterocycles. The van der Waals surface area contributed by atoms with Crippen LogP contribution in [0.15, 0.2) is 71.3 Å². The standard InChI is InChI=1S/C37H41FNO/c1-22-17-18-23-24-19-20-27(38)30(33(24)40-32(23)29(22)28-16-11-12-21-39(28)10)25-14-13-15-26-31(25)35(4,5)37(8,9)36(6,7)34(26,2)3/h11-21H,1-10H3/q+1. The summed E-state index contributed by atoms with van der Waals surface area (Å²) in [4.78, 5) is 0. The summed E-state index contributed by atoms with van der Waals surface area (Å²) in [5, 5.41) is 1.95. The Bertz CT molecular complexity index is 1830. The van der Waals surface area contributed by atoms with E-state index in [1.807, 2.05) is 31.4 Å². The molecule has 5 aromatic rings. The molecular weight excluding hydrogens is 493 g/mol. The van der Waals surface area contributed by atoms with Gasteiger partial charge in [-0.15, -0.1) is 0 Å². The minimum absolute atomic E-state index is 0.00330. The zero-order valence-electron chi connectivity index (χ0n) is 25.6. The molecule has 0 fully saturated rings. The van der Waals surface area contributed by atoms with E-state index in [1.165, 1.54) is 11.1 Å². The van der Waals surface area contributed by atoms with E-state index in [4.69, 9.17) is 4.42 Å². The molecule has 3 aromatic carbocycles. The maximum Gasteiger partial charge on any atom is 0.216 e. The van der Waals surface area contributed by atoms with Crippen molar-refractivity contribution in [1.29, 1.82) is 0 Å². The first-order valence-corrected chi connectivity index (χ1v) is 14.4. The monoisotopic (exact) mass is 534 g/mol. The Labute approximate surface area is 237 Å². The lowest BCUT2D eigenvalue weighted by Crippen LogP contribution is -2.60. The summed E-state index contributed by atoms with van der Waals surface area (Å²) in [6, 6.07) is 20.4.